The molecule has 0 aromatic heterocycles. The normalized spacial score (nSPS) is 18.7. The number of amides is 3. The minimum absolute atomic E-state index is 0.0325. The standard InChI is InChI=1S/C19H13Br2F9N2O5/c20-7-5-10(12(11(21)6-7)31-14(34)17(22,23)24)13(33)32(15(35)18(25,26)27)8-1-3-9(4-2-8)37-16(36)19(28,29)30/h5-6,8-9H,1-4H2,(H,31,34). The highest BCUT2D eigenvalue weighted by molar-refractivity contribution is 9.11. The molecule has 0 bridgehead atoms. The number of anilines is 1. The highest BCUT2D eigenvalue weighted by Gasteiger charge is 2.49. The zero-order valence-corrected chi connectivity index (χ0v) is 21.0. The van der Waals surface area contributed by atoms with E-state index in [2.05, 4.69) is 36.6 Å². The molecular weight excluding hydrogens is 667 g/mol. The summed E-state index contributed by atoms with van der Waals surface area (Å²) in [5, 5.41) is 1.37. The zero-order valence-electron chi connectivity index (χ0n) is 17.8. The third-order valence-electron chi connectivity index (χ3n) is 4.98. The second kappa shape index (κ2) is 11.2. The van der Waals surface area contributed by atoms with Crippen molar-refractivity contribution in [3.63, 3.8) is 0 Å². The number of hydrogen-bond acceptors (Lipinski definition) is 5. The molecule has 1 aliphatic rings. The van der Waals surface area contributed by atoms with Crippen LogP contribution in [0.4, 0.5) is 45.2 Å². The number of carbonyl (C=O) groups excluding carboxylic acids is 4. The molecule has 1 fully saturated rings. The molecule has 7 nitrogen and oxygen atoms in total. The Morgan fingerprint density at radius 2 is 1.38 bits per heavy atom. The van der Waals surface area contributed by atoms with Crippen molar-refractivity contribution in [3.8, 4) is 0 Å². The largest absolute Gasteiger partial charge is 0.490 e. The van der Waals surface area contributed by atoms with Crippen LogP contribution in [0.2, 0.25) is 0 Å². The van der Waals surface area contributed by atoms with Crippen LogP contribution in [-0.4, -0.2) is 59.3 Å². The SMILES string of the molecule is O=C(c1cc(Br)cc(Br)c1NC(=O)C(F)(F)F)N(C(=O)C(F)(F)F)C1CCC(OC(=O)C(F)(F)F)CC1. The molecule has 18 heteroatoms. The van der Waals surface area contributed by atoms with Crippen LogP contribution in [0.3, 0.4) is 0 Å². The lowest BCUT2D eigenvalue weighted by molar-refractivity contribution is -0.206. The van der Waals surface area contributed by atoms with Crippen LogP contribution in [0.15, 0.2) is 21.1 Å². The predicted molar refractivity (Wildman–Crippen MR) is 112 cm³/mol. The van der Waals surface area contributed by atoms with E-state index < -0.39 is 91.3 Å². The summed E-state index contributed by atoms with van der Waals surface area (Å²) in [4.78, 5) is 47.5. The first kappa shape index (κ1) is 30.9. The third kappa shape index (κ3) is 7.81. The smallest absolute Gasteiger partial charge is 0.456 e. The van der Waals surface area contributed by atoms with E-state index >= 15 is 0 Å². The van der Waals surface area contributed by atoms with E-state index in [4.69, 9.17) is 0 Å². The molecule has 1 aliphatic carbocycles. The van der Waals surface area contributed by atoms with Gasteiger partial charge in [0.2, 0.25) is 0 Å². The predicted octanol–water partition coefficient (Wildman–Crippen LogP) is 5.66. The number of hydrogen-bond donors (Lipinski definition) is 1. The van der Waals surface area contributed by atoms with Gasteiger partial charge in [0, 0.05) is 15.0 Å². The Morgan fingerprint density at radius 3 is 1.84 bits per heavy atom. The van der Waals surface area contributed by atoms with Gasteiger partial charge in [-0.1, -0.05) is 15.9 Å². The Bertz CT molecular complexity index is 1080. The van der Waals surface area contributed by atoms with Crippen molar-refractivity contribution in [2.24, 2.45) is 0 Å². The maximum absolute atomic E-state index is 13.4. The van der Waals surface area contributed by atoms with Gasteiger partial charge in [-0.15, -0.1) is 0 Å². The highest BCUT2D eigenvalue weighted by atomic mass is 79.9. The van der Waals surface area contributed by atoms with Gasteiger partial charge in [0.25, 0.3) is 5.91 Å². The van der Waals surface area contributed by atoms with Crippen LogP contribution in [0.5, 0.6) is 0 Å². The summed E-state index contributed by atoms with van der Waals surface area (Å²) in [6.45, 7) is 0. The van der Waals surface area contributed by atoms with Crippen molar-refractivity contribution < 1.29 is 63.4 Å². The van der Waals surface area contributed by atoms with E-state index in [0.717, 1.165) is 12.1 Å². The Balaban J connectivity index is 2.43. The van der Waals surface area contributed by atoms with Gasteiger partial charge in [0.1, 0.15) is 6.10 Å². The Hall–Kier alpha value is -2.37. The number of benzene rings is 1. The number of carbonyl (C=O) groups is 4. The fraction of sp³-hybridized carbons (Fsp3) is 0.474. The van der Waals surface area contributed by atoms with Gasteiger partial charge in [0.05, 0.1) is 11.3 Å². The molecule has 0 radical (unpaired) electrons. The maximum atomic E-state index is 13.4. The first-order valence-corrected chi connectivity index (χ1v) is 11.4. The number of imide groups is 1. The molecule has 0 saturated heterocycles. The molecule has 1 saturated carbocycles. The van der Waals surface area contributed by atoms with Crippen molar-refractivity contribution in [3.05, 3.63) is 26.6 Å². The van der Waals surface area contributed by atoms with Crippen molar-refractivity contribution in [1.29, 1.82) is 0 Å². The minimum Gasteiger partial charge on any atom is -0.456 e. The first-order chi connectivity index (χ1) is 16.7. The number of nitrogens with zero attached hydrogens (tertiary/aromatic N) is 1. The molecular formula is C19H13Br2F9N2O5. The van der Waals surface area contributed by atoms with Crippen LogP contribution >= 0.6 is 31.9 Å². The van der Waals surface area contributed by atoms with Crippen molar-refractivity contribution in [2.45, 2.75) is 56.4 Å². The topological polar surface area (TPSA) is 92.8 Å². The quantitative estimate of drug-likeness (QED) is 0.328. The molecule has 0 heterocycles. The summed E-state index contributed by atoms with van der Waals surface area (Å²) >= 11 is 5.71. The molecule has 3 amide bonds. The number of rotatable bonds is 4. The Kier molecular flexibility index (Phi) is 9.31. The number of halogens is 11. The molecule has 1 aromatic carbocycles. The molecule has 0 spiro atoms. The van der Waals surface area contributed by atoms with Gasteiger partial charge in [0.15, 0.2) is 0 Å². The monoisotopic (exact) mass is 678 g/mol. The number of esters is 1. The number of alkyl halides is 9. The molecule has 37 heavy (non-hydrogen) atoms. The summed E-state index contributed by atoms with van der Waals surface area (Å²) in [5.41, 5.74) is -1.81. The Morgan fingerprint density at radius 1 is 0.838 bits per heavy atom. The van der Waals surface area contributed by atoms with Crippen molar-refractivity contribution in [1.82, 2.24) is 4.90 Å². The zero-order chi connectivity index (χ0) is 28.5. The van der Waals surface area contributed by atoms with E-state index in [1.54, 1.807) is 0 Å². The molecule has 1 N–H and O–H groups in total. The fourth-order valence-electron chi connectivity index (χ4n) is 3.38. The molecule has 1 aromatic rings. The lowest BCUT2D eigenvalue weighted by Gasteiger charge is -2.36. The van der Waals surface area contributed by atoms with Crippen LogP contribution in [0, 0.1) is 0 Å². The molecule has 0 atom stereocenters. The van der Waals surface area contributed by atoms with E-state index in [9.17, 15) is 58.7 Å². The molecule has 0 aliphatic heterocycles. The molecule has 0 unspecified atom stereocenters. The van der Waals surface area contributed by atoms with Crippen LogP contribution in [0.1, 0.15) is 36.0 Å². The van der Waals surface area contributed by atoms with Gasteiger partial charge in [-0.3, -0.25) is 19.3 Å². The molecule has 2 rings (SSSR count). The summed E-state index contributed by atoms with van der Waals surface area (Å²) < 4.78 is 119. The summed E-state index contributed by atoms with van der Waals surface area (Å²) in [6, 6.07) is 0.261. The van der Waals surface area contributed by atoms with Crippen LogP contribution in [-0.2, 0) is 19.1 Å². The van der Waals surface area contributed by atoms with E-state index in [1.807, 2.05) is 0 Å². The lowest BCUT2D eigenvalue weighted by atomic mass is 9.91. The average molecular weight is 680 g/mol. The number of nitrogens with one attached hydrogen (secondary N) is 1. The van der Waals surface area contributed by atoms with Crippen molar-refractivity contribution in [2.75, 3.05) is 5.32 Å². The second-order valence-electron chi connectivity index (χ2n) is 7.57. The van der Waals surface area contributed by atoms with Crippen LogP contribution in [0.25, 0.3) is 0 Å². The third-order valence-corrected chi connectivity index (χ3v) is 6.06. The van der Waals surface area contributed by atoms with Gasteiger partial charge < -0.3 is 10.1 Å². The summed E-state index contributed by atoms with van der Waals surface area (Å²) in [7, 11) is 0. The van der Waals surface area contributed by atoms with Crippen molar-refractivity contribution >= 4 is 61.2 Å². The summed E-state index contributed by atoms with van der Waals surface area (Å²) in [5.74, 6) is -9.53. The van der Waals surface area contributed by atoms with Gasteiger partial charge in [-0.2, -0.15) is 39.5 Å². The van der Waals surface area contributed by atoms with Crippen LogP contribution < -0.4 is 5.32 Å². The maximum Gasteiger partial charge on any atom is 0.490 e. The number of ether oxygens (including phenoxy) is 1. The van der Waals surface area contributed by atoms with E-state index in [0.29, 0.717) is 0 Å². The van der Waals surface area contributed by atoms with E-state index in [1.165, 1.54) is 5.32 Å². The lowest BCUT2D eigenvalue weighted by Crippen LogP contribution is -2.52. The Labute approximate surface area is 217 Å². The fourth-order valence-corrected chi connectivity index (χ4v) is 4.71. The summed E-state index contributed by atoms with van der Waals surface area (Å²) in [6.07, 6.45) is -19.7. The van der Waals surface area contributed by atoms with E-state index in [-0.39, 0.29) is 13.8 Å². The van der Waals surface area contributed by atoms with Gasteiger partial charge in [-0.25, -0.2) is 4.79 Å². The first-order valence-electron chi connectivity index (χ1n) is 9.83. The van der Waals surface area contributed by atoms with Gasteiger partial charge >= 0.3 is 36.3 Å². The molecule has 206 valence electrons. The second-order valence-corrected chi connectivity index (χ2v) is 9.34. The minimum atomic E-state index is -5.63. The van der Waals surface area contributed by atoms with Gasteiger partial charge in [-0.05, 0) is 53.7 Å². The highest BCUT2D eigenvalue weighted by Crippen LogP contribution is 2.36. The average Bonchev–Trinajstić information content (AvgIpc) is 2.74.